The minimum Gasteiger partial charge on any atom is -0.467 e. The van der Waals surface area contributed by atoms with Crippen molar-refractivity contribution in [1.29, 1.82) is 0 Å². The van der Waals surface area contributed by atoms with Gasteiger partial charge >= 0.3 is 5.97 Å². The molecule has 3 rings (SSSR count). The van der Waals surface area contributed by atoms with Gasteiger partial charge in [0.2, 0.25) is 10.0 Å². The molecule has 0 atom stereocenters. The lowest BCUT2D eigenvalue weighted by Crippen LogP contribution is -2.30. The van der Waals surface area contributed by atoms with Crippen LogP contribution in [0.15, 0.2) is 41.3 Å². The summed E-state index contributed by atoms with van der Waals surface area (Å²) in [6, 6.07) is 8.71. The lowest BCUT2D eigenvalue weighted by atomic mass is 10.1. The summed E-state index contributed by atoms with van der Waals surface area (Å²) in [5.41, 5.74) is 1.48. The van der Waals surface area contributed by atoms with Crippen molar-refractivity contribution in [2.75, 3.05) is 13.3 Å². The number of nitro groups is 1. The number of hydrogen-bond donors (Lipinski definition) is 1. The van der Waals surface area contributed by atoms with Crippen molar-refractivity contribution in [3.05, 3.63) is 63.2 Å². The highest BCUT2D eigenvalue weighted by molar-refractivity contribution is 7.89. The van der Waals surface area contributed by atoms with E-state index in [0.717, 1.165) is 5.56 Å². The van der Waals surface area contributed by atoms with Crippen molar-refractivity contribution in [3.63, 3.8) is 0 Å². The molecular weight excluding hydrogens is 404 g/mol. The first-order valence-electron chi connectivity index (χ1n) is 8.49. The van der Waals surface area contributed by atoms with Crippen LogP contribution in [0.4, 0.5) is 5.69 Å². The first kappa shape index (κ1) is 20.7. The van der Waals surface area contributed by atoms with E-state index in [0.29, 0.717) is 16.9 Å². The van der Waals surface area contributed by atoms with Gasteiger partial charge in [0.25, 0.3) is 5.69 Å². The van der Waals surface area contributed by atoms with Gasteiger partial charge in [-0.3, -0.25) is 14.9 Å². The highest BCUT2D eigenvalue weighted by atomic mass is 32.2. The van der Waals surface area contributed by atoms with Crippen molar-refractivity contribution >= 4 is 21.7 Å². The fourth-order valence-electron chi connectivity index (χ4n) is 2.66. The Hall–Kier alpha value is -3.02. The van der Waals surface area contributed by atoms with Crippen LogP contribution in [0, 0.1) is 17.0 Å². The summed E-state index contributed by atoms with van der Waals surface area (Å²) in [4.78, 5) is 22.5. The number of nitrogens with one attached hydrogen (secondary N) is 1. The average molecular weight is 422 g/mol. The predicted molar refractivity (Wildman–Crippen MR) is 99.5 cm³/mol. The molecule has 29 heavy (non-hydrogen) atoms. The molecule has 0 radical (unpaired) electrons. The second kappa shape index (κ2) is 8.55. The maximum Gasteiger partial charge on any atom is 0.321 e. The van der Waals surface area contributed by atoms with Gasteiger partial charge in [0, 0.05) is 23.3 Å². The van der Waals surface area contributed by atoms with Crippen LogP contribution >= 0.6 is 0 Å². The van der Waals surface area contributed by atoms with Crippen LogP contribution in [0.3, 0.4) is 0 Å². The Labute approximate surface area is 166 Å². The van der Waals surface area contributed by atoms with E-state index >= 15 is 0 Å². The quantitative estimate of drug-likeness (QED) is 0.405. The molecule has 0 saturated carbocycles. The molecule has 11 heteroatoms. The molecule has 2 aromatic carbocycles. The van der Waals surface area contributed by atoms with E-state index < -0.39 is 27.5 Å². The lowest BCUT2D eigenvalue weighted by Gasteiger charge is -2.20. The number of fused-ring (bicyclic) bond motifs is 1. The van der Waals surface area contributed by atoms with Crippen LogP contribution in [-0.2, 0) is 37.5 Å². The Morgan fingerprint density at radius 2 is 2.00 bits per heavy atom. The number of carbonyl (C=O) groups is 1. The fourth-order valence-corrected chi connectivity index (χ4v) is 3.63. The van der Waals surface area contributed by atoms with E-state index in [1.165, 1.54) is 24.3 Å². The van der Waals surface area contributed by atoms with Crippen LogP contribution in [0.5, 0.6) is 5.75 Å². The summed E-state index contributed by atoms with van der Waals surface area (Å²) in [5, 5.41) is 11.1. The van der Waals surface area contributed by atoms with Gasteiger partial charge in [-0.1, -0.05) is 17.7 Å². The second-order valence-electron chi connectivity index (χ2n) is 6.26. The Kier molecular flexibility index (Phi) is 6.11. The van der Waals surface area contributed by atoms with E-state index in [1.54, 1.807) is 12.1 Å². The molecule has 0 aromatic heterocycles. The molecular formula is C18H18N2O8S. The van der Waals surface area contributed by atoms with Gasteiger partial charge in [-0.15, -0.1) is 0 Å². The zero-order valence-corrected chi connectivity index (χ0v) is 16.2. The zero-order chi connectivity index (χ0) is 21.0. The standard InChI is InChI=1S/C18H18N2O8S/c1-12-2-4-16(5-3-12)29(24,25)19-8-17(21)27-10-14-7-15(20(22)23)6-13-9-26-11-28-18(13)14/h2-7,19H,8-11H2,1H3. The number of esters is 1. The predicted octanol–water partition coefficient (Wildman–Crippen LogP) is 1.79. The van der Waals surface area contributed by atoms with Crippen LogP contribution in [-0.4, -0.2) is 32.6 Å². The van der Waals surface area contributed by atoms with Gasteiger partial charge in [0.15, 0.2) is 6.79 Å². The third-order valence-electron chi connectivity index (χ3n) is 4.11. The van der Waals surface area contributed by atoms with Crippen molar-refractivity contribution < 1.29 is 32.3 Å². The first-order valence-corrected chi connectivity index (χ1v) is 9.97. The van der Waals surface area contributed by atoms with Gasteiger partial charge in [-0.05, 0) is 19.1 Å². The highest BCUT2D eigenvalue weighted by Gasteiger charge is 2.22. The Balaban J connectivity index is 1.64. The SMILES string of the molecule is Cc1ccc(S(=O)(=O)NCC(=O)OCc2cc([N+](=O)[O-])cc3c2OCOC3)cc1. The van der Waals surface area contributed by atoms with Crippen molar-refractivity contribution in [2.45, 2.75) is 25.0 Å². The van der Waals surface area contributed by atoms with Crippen molar-refractivity contribution in [3.8, 4) is 5.75 Å². The molecule has 0 bridgehead atoms. The molecule has 0 unspecified atom stereocenters. The van der Waals surface area contributed by atoms with Crippen LogP contribution in [0.1, 0.15) is 16.7 Å². The number of aryl methyl sites for hydroxylation is 1. The average Bonchev–Trinajstić information content (AvgIpc) is 2.70. The second-order valence-corrected chi connectivity index (χ2v) is 8.03. The molecule has 1 N–H and O–H groups in total. The topological polar surface area (TPSA) is 134 Å². The van der Waals surface area contributed by atoms with Crippen LogP contribution < -0.4 is 9.46 Å². The highest BCUT2D eigenvalue weighted by Crippen LogP contribution is 2.33. The smallest absolute Gasteiger partial charge is 0.321 e. The van der Waals surface area contributed by atoms with Crippen LogP contribution in [0.25, 0.3) is 0 Å². The number of carbonyl (C=O) groups excluding carboxylic acids is 1. The molecule has 0 aliphatic carbocycles. The largest absolute Gasteiger partial charge is 0.467 e. The maximum atomic E-state index is 12.2. The fraction of sp³-hybridized carbons (Fsp3) is 0.278. The Morgan fingerprint density at radius 1 is 1.28 bits per heavy atom. The monoisotopic (exact) mass is 422 g/mol. The summed E-state index contributed by atoms with van der Waals surface area (Å²) < 4.78 is 42.1. The zero-order valence-electron chi connectivity index (χ0n) is 15.4. The number of non-ortho nitro benzene ring substituents is 1. The third kappa shape index (κ3) is 5.08. The summed E-state index contributed by atoms with van der Waals surface area (Å²) in [6.07, 6.45) is 0. The van der Waals surface area contributed by atoms with Gasteiger partial charge in [-0.25, -0.2) is 8.42 Å². The summed E-state index contributed by atoms with van der Waals surface area (Å²) >= 11 is 0. The molecule has 0 amide bonds. The number of ether oxygens (including phenoxy) is 3. The van der Waals surface area contributed by atoms with Gasteiger partial charge in [0.1, 0.15) is 18.9 Å². The molecule has 1 aliphatic heterocycles. The molecule has 0 saturated heterocycles. The Morgan fingerprint density at radius 3 is 2.69 bits per heavy atom. The molecule has 154 valence electrons. The molecule has 10 nitrogen and oxygen atoms in total. The summed E-state index contributed by atoms with van der Waals surface area (Å²) in [7, 11) is -3.87. The molecule has 1 aliphatic rings. The third-order valence-corrected chi connectivity index (χ3v) is 5.53. The molecule has 0 fully saturated rings. The maximum absolute atomic E-state index is 12.2. The molecule has 1 heterocycles. The lowest BCUT2D eigenvalue weighted by molar-refractivity contribution is -0.385. The van der Waals surface area contributed by atoms with E-state index in [9.17, 15) is 23.3 Å². The number of nitrogens with zero attached hydrogens (tertiary/aromatic N) is 1. The number of sulfonamides is 1. The minimum absolute atomic E-state index is 0.0250. The van der Waals surface area contributed by atoms with Gasteiger partial charge in [0.05, 0.1) is 16.4 Å². The molecule has 2 aromatic rings. The van der Waals surface area contributed by atoms with E-state index in [2.05, 4.69) is 4.72 Å². The van der Waals surface area contributed by atoms with Crippen molar-refractivity contribution in [2.24, 2.45) is 0 Å². The van der Waals surface area contributed by atoms with Gasteiger partial charge in [-0.2, -0.15) is 4.72 Å². The van der Waals surface area contributed by atoms with Gasteiger partial charge < -0.3 is 14.2 Å². The first-order chi connectivity index (χ1) is 13.8. The minimum atomic E-state index is -3.87. The number of benzene rings is 2. The normalized spacial score (nSPS) is 13.3. The van der Waals surface area contributed by atoms with Crippen LogP contribution in [0.2, 0.25) is 0 Å². The Bertz CT molecular complexity index is 1030. The molecule has 0 spiro atoms. The van der Waals surface area contributed by atoms with E-state index in [-0.39, 0.29) is 30.6 Å². The summed E-state index contributed by atoms with van der Waals surface area (Å²) in [5.74, 6) is -0.483. The number of hydrogen-bond acceptors (Lipinski definition) is 8. The number of nitro benzene ring substituents is 1. The summed E-state index contributed by atoms with van der Waals surface area (Å²) in [6.45, 7) is 1.03. The number of rotatable bonds is 7. The van der Waals surface area contributed by atoms with E-state index in [4.69, 9.17) is 14.2 Å². The van der Waals surface area contributed by atoms with Crippen molar-refractivity contribution in [1.82, 2.24) is 4.72 Å². The van der Waals surface area contributed by atoms with E-state index in [1.807, 2.05) is 6.92 Å².